The number of benzene rings is 3. The Morgan fingerprint density at radius 1 is 0.865 bits per heavy atom. The summed E-state index contributed by atoms with van der Waals surface area (Å²) in [4.78, 5) is 55.9. The molecule has 3 atom stereocenters. The molecule has 0 aliphatic rings. The highest BCUT2D eigenvalue weighted by Crippen LogP contribution is 2.42. The highest BCUT2D eigenvalue weighted by molar-refractivity contribution is 6.12. The van der Waals surface area contributed by atoms with E-state index in [0.717, 1.165) is 5.56 Å². The average Bonchev–Trinajstić information content (AvgIpc) is 3.45. The minimum Gasteiger partial charge on any atom is -0.463 e. The van der Waals surface area contributed by atoms with Crippen molar-refractivity contribution in [3.8, 4) is 22.4 Å². The van der Waals surface area contributed by atoms with Gasteiger partial charge in [-0.05, 0) is 66.3 Å². The van der Waals surface area contributed by atoms with Gasteiger partial charge in [-0.1, -0.05) is 62.4 Å². The van der Waals surface area contributed by atoms with Crippen molar-refractivity contribution in [2.45, 2.75) is 63.9 Å². The predicted octanol–water partition coefficient (Wildman–Crippen LogP) is 5.56. The standard InChI is InChI=1S/C36H39FN4O11/c1-23(2)34-33(36(45)38-27-11-7-4-8-12-27)32(24-9-5-3-6-10-24)35(25-13-15-26(37)16-14-25)39(34)18-17-28(42)19-29(43)20-31(44)50-21-30(52-41(48)49)22-51-40(46)47/h3-16,23,28-30,42-43H,17-22H2,1-2H3,(H,38,45)/t28-,29-,30+/m1/s1. The number of hydrogen-bond donors (Lipinski definition) is 3. The molecule has 0 spiro atoms. The summed E-state index contributed by atoms with van der Waals surface area (Å²) in [6.07, 6.45) is -4.90. The second-order valence-electron chi connectivity index (χ2n) is 12.2. The van der Waals surface area contributed by atoms with E-state index in [1.54, 1.807) is 36.4 Å². The van der Waals surface area contributed by atoms with Crippen LogP contribution in [-0.4, -0.2) is 68.4 Å². The predicted molar refractivity (Wildman–Crippen MR) is 185 cm³/mol. The molecule has 16 heteroatoms. The van der Waals surface area contributed by atoms with Crippen molar-refractivity contribution in [3.05, 3.63) is 122 Å². The summed E-state index contributed by atoms with van der Waals surface area (Å²) < 4.78 is 21.0. The molecule has 0 aliphatic carbocycles. The molecule has 0 saturated heterocycles. The maximum Gasteiger partial charge on any atom is 0.308 e. The summed E-state index contributed by atoms with van der Waals surface area (Å²) in [6, 6.07) is 24.2. The molecule has 0 aliphatic heterocycles. The van der Waals surface area contributed by atoms with Crippen LogP contribution in [0.2, 0.25) is 0 Å². The number of ether oxygens (including phenoxy) is 1. The molecule has 0 unspecified atom stereocenters. The van der Waals surface area contributed by atoms with Crippen LogP contribution in [0.25, 0.3) is 22.4 Å². The minimum atomic E-state index is -1.58. The van der Waals surface area contributed by atoms with Crippen LogP contribution >= 0.6 is 0 Å². The number of aliphatic hydroxyl groups excluding tert-OH is 2. The molecule has 1 amide bonds. The highest BCUT2D eigenvalue weighted by Gasteiger charge is 2.31. The van der Waals surface area contributed by atoms with Crippen LogP contribution in [0.1, 0.15) is 55.1 Å². The van der Waals surface area contributed by atoms with Gasteiger partial charge in [0.2, 0.25) is 0 Å². The van der Waals surface area contributed by atoms with E-state index in [0.29, 0.717) is 33.8 Å². The third-order valence-corrected chi connectivity index (χ3v) is 7.95. The first-order valence-corrected chi connectivity index (χ1v) is 16.4. The lowest BCUT2D eigenvalue weighted by atomic mass is 9.94. The molecule has 1 heterocycles. The van der Waals surface area contributed by atoms with E-state index in [-0.39, 0.29) is 31.2 Å². The van der Waals surface area contributed by atoms with Gasteiger partial charge in [0.25, 0.3) is 16.1 Å². The molecule has 3 aromatic carbocycles. The molecule has 0 saturated carbocycles. The molecule has 0 bridgehead atoms. The number of hydrogen-bond acceptors (Lipinski definition) is 11. The Morgan fingerprint density at radius 3 is 2.10 bits per heavy atom. The summed E-state index contributed by atoms with van der Waals surface area (Å²) in [7, 11) is 0. The second-order valence-corrected chi connectivity index (χ2v) is 12.2. The number of nitrogens with one attached hydrogen (secondary N) is 1. The van der Waals surface area contributed by atoms with Gasteiger partial charge in [0.05, 0.1) is 29.9 Å². The number of esters is 1. The van der Waals surface area contributed by atoms with E-state index in [2.05, 4.69) is 15.0 Å². The fourth-order valence-electron chi connectivity index (χ4n) is 5.81. The smallest absolute Gasteiger partial charge is 0.308 e. The fraction of sp³-hybridized carbons (Fsp3) is 0.333. The number of carbonyl (C=O) groups excluding carboxylic acids is 2. The first-order valence-electron chi connectivity index (χ1n) is 16.4. The normalized spacial score (nSPS) is 12.8. The van der Waals surface area contributed by atoms with Crippen LogP contribution < -0.4 is 5.32 Å². The van der Waals surface area contributed by atoms with Crippen molar-refractivity contribution < 1.29 is 48.8 Å². The third-order valence-electron chi connectivity index (χ3n) is 7.95. The Morgan fingerprint density at radius 2 is 1.50 bits per heavy atom. The number of nitrogens with zero attached hydrogens (tertiary/aromatic N) is 3. The van der Waals surface area contributed by atoms with Crippen molar-refractivity contribution >= 4 is 17.6 Å². The summed E-state index contributed by atoms with van der Waals surface area (Å²) >= 11 is 0. The summed E-state index contributed by atoms with van der Waals surface area (Å²) in [5.41, 5.74) is 4.26. The van der Waals surface area contributed by atoms with Gasteiger partial charge in [-0.25, -0.2) is 4.39 Å². The number of aliphatic hydroxyl groups is 2. The topological polar surface area (TPSA) is 206 Å². The van der Waals surface area contributed by atoms with Gasteiger partial charge in [-0.15, -0.1) is 20.2 Å². The fourth-order valence-corrected chi connectivity index (χ4v) is 5.81. The quantitative estimate of drug-likeness (QED) is 0.0621. The third kappa shape index (κ3) is 10.8. The van der Waals surface area contributed by atoms with Crippen molar-refractivity contribution in [3.63, 3.8) is 0 Å². The average molecular weight is 723 g/mol. The summed E-state index contributed by atoms with van der Waals surface area (Å²) in [5.74, 6) is -2.00. The van der Waals surface area contributed by atoms with Gasteiger partial charge in [0.1, 0.15) is 19.0 Å². The van der Waals surface area contributed by atoms with Gasteiger partial charge < -0.3 is 34.5 Å². The first-order chi connectivity index (χ1) is 24.8. The van der Waals surface area contributed by atoms with Crippen molar-refractivity contribution in [2.75, 3.05) is 18.5 Å². The molecule has 0 radical (unpaired) electrons. The highest BCUT2D eigenvalue weighted by atomic mass is 19.1. The molecule has 15 nitrogen and oxygen atoms in total. The van der Waals surface area contributed by atoms with Crippen molar-refractivity contribution in [1.82, 2.24) is 4.57 Å². The van der Waals surface area contributed by atoms with E-state index < -0.39 is 59.9 Å². The Hall–Kier alpha value is -5.87. The summed E-state index contributed by atoms with van der Waals surface area (Å²) in [6.45, 7) is 2.40. The van der Waals surface area contributed by atoms with Crippen LogP contribution in [0, 0.1) is 26.0 Å². The van der Waals surface area contributed by atoms with Gasteiger partial charge in [-0.2, -0.15) is 0 Å². The summed E-state index contributed by atoms with van der Waals surface area (Å²) in [5, 5.41) is 43.3. The van der Waals surface area contributed by atoms with Gasteiger partial charge in [0, 0.05) is 23.5 Å². The molecule has 52 heavy (non-hydrogen) atoms. The monoisotopic (exact) mass is 722 g/mol. The van der Waals surface area contributed by atoms with E-state index in [1.807, 2.05) is 54.8 Å². The van der Waals surface area contributed by atoms with Gasteiger partial charge in [-0.3, -0.25) is 9.59 Å². The lowest BCUT2D eigenvalue weighted by molar-refractivity contribution is -0.790. The van der Waals surface area contributed by atoms with Crippen molar-refractivity contribution in [1.29, 1.82) is 0 Å². The lowest BCUT2D eigenvalue weighted by Crippen LogP contribution is -2.31. The molecular formula is C36H39FN4O11. The van der Waals surface area contributed by atoms with Crippen LogP contribution in [0.4, 0.5) is 10.1 Å². The number of aromatic nitrogens is 1. The van der Waals surface area contributed by atoms with Crippen LogP contribution in [0.15, 0.2) is 84.9 Å². The zero-order chi connectivity index (χ0) is 37.8. The van der Waals surface area contributed by atoms with Gasteiger partial charge in [0.15, 0.2) is 6.10 Å². The van der Waals surface area contributed by atoms with Crippen LogP contribution in [-0.2, 0) is 25.8 Å². The zero-order valence-electron chi connectivity index (χ0n) is 28.4. The molecule has 276 valence electrons. The molecule has 4 rings (SSSR count). The molecular weight excluding hydrogens is 683 g/mol. The number of halogens is 1. The molecule has 0 fully saturated rings. The number of rotatable bonds is 19. The van der Waals surface area contributed by atoms with E-state index >= 15 is 0 Å². The van der Waals surface area contributed by atoms with Crippen LogP contribution in [0.5, 0.6) is 0 Å². The number of para-hydroxylation sites is 1. The van der Waals surface area contributed by atoms with Crippen LogP contribution in [0.3, 0.4) is 0 Å². The maximum atomic E-state index is 14.2. The minimum absolute atomic E-state index is 0.0691. The first kappa shape index (κ1) is 38.9. The Balaban J connectivity index is 1.60. The SMILES string of the molecule is CC(C)c1c(C(=O)Nc2ccccc2)c(-c2ccccc2)c(-c2ccc(F)cc2)n1CC[C@@H](O)C[C@@H](O)CC(=O)OC[C@@H](CO[N+](=O)[O-])O[N+](=O)[O-]. The maximum absolute atomic E-state index is 14.2. The van der Waals surface area contributed by atoms with Crippen molar-refractivity contribution in [2.24, 2.45) is 0 Å². The van der Waals surface area contributed by atoms with E-state index in [4.69, 9.17) is 4.74 Å². The molecule has 4 aromatic rings. The number of carbonyl (C=O) groups is 2. The van der Waals surface area contributed by atoms with E-state index in [1.165, 1.54) is 12.1 Å². The zero-order valence-corrected chi connectivity index (χ0v) is 28.4. The van der Waals surface area contributed by atoms with Gasteiger partial charge >= 0.3 is 5.97 Å². The number of anilines is 1. The Labute approximate surface area is 297 Å². The molecule has 3 N–H and O–H groups in total. The second kappa shape index (κ2) is 18.4. The lowest BCUT2D eigenvalue weighted by Gasteiger charge is -2.20. The Kier molecular flexibility index (Phi) is 13.8. The molecule has 1 aromatic heterocycles. The Bertz CT molecular complexity index is 1820. The van der Waals surface area contributed by atoms with E-state index in [9.17, 15) is 44.4 Å². The largest absolute Gasteiger partial charge is 0.463 e. The number of amides is 1.